The second-order valence-electron chi connectivity index (χ2n) is 3.40. The summed E-state index contributed by atoms with van der Waals surface area (Å²) in [6.45, 7) is -0.0648. The number of phenols is 1. The van der Waals surface area contributed by atoms with E-state index in [-0.39, 0.29) is 18.6 Å². The lowest BCUT2D eigenvalue weighted by Crippen LogP contribution is -2.09. The summed E-state index contributed by atoms with van der Waals surface area (Å²) in [6.07, 6.45) is 0.608. The van der Waals surface area contributed by atoms with Gasteiger partial charge in [0, 0.05) is 18.2 Å². The molecule has 0 atom stereocenters. The van der Waals surface area contributed by atoms with Gasteiger partial charge in [0.15, 0.2) is 21.4 Å². The van der Waals surface area contributed by atoms with Crippen LogP contribution in [0.3, 0.4) is 0 Å². The van der Waals surface area contributed by atoms with Crippen molar-refractivity contribution in [3.63, 3.8) is 0 Å². The fraction of sp³-hybridized carbons (Fsp3) is 0.333. The van der Waals surface area contributed by atoms with E-state index in [9.17, 15) is 22.3 Å². The Morgan fingerprint density at radius 3 is 2.53 bits per heavy atom. The lowest BCUT2D eigenvalue weighted by molar-refractivity contribution is 0.140. The Kier molecular flexibility index (Phi) is 4.02. The molecule has 3 N–H and O–H groups in total. The summed E-state index contributed by atoms with van der Waals surface area (Å²) in [5, 5.41) is 9.39. The SMILES string of the molecule is CS(=O)(=O)c1c(F)cc(CCON)c(O)c1F. The number of aromatic hydroxyl groups is 1. The zero-order valence-electron chi connectivity index (χ0n) is 8.91. The van der Waals surface area contributed by atoms with Crippen LogP contribution in [-0.2, 0) is 21.1 Å². The van der Waals surface area contributed by atoms with E-state index in [0.29, 0.717) is 6.26 Å². The average molecular weight is 267 g/mol. The molecule has 0 aliphatic heterocycles. The molecular formula is C9H11F2NO4S. The second kappa shape index (κ2) is 4.94. The van der Waals surface area contributed by atoms with Crippen LogP contribution in [0.25, 0.3) is 0 Å². The first-order chi connectivity index (χ1) is 7.79. The highest BCUT2D eigenvalue weighted by molar-refractivity contribution is 7.90. The van der Waals surface area contributed by atoms with Crippen molar-refractivity contribution in [1.82, 2.24) is 0 Å². The zero-order valence-corrected chi connectivity index (χ0v) is 9.72. The van der Waals surface area contributed by atoms with Crippen LogP contribution < -0.4 is 5.90 Å². The molecule has 0 aliphatic carbocycles. The first-order valence-electron chi connectivity index (χ1n) is 4.50. The van der Waals surface area contributed by atoms with E-state index < -0.39 is 32.1 Å². The molecule has 0 saturated heterocycles. The molecule has 1 aromatic carbocycles. The largest absolute Gasteiger partial charge is 0.505 e. The summed E-state index contributed by atoms with van der Waals surface area (Å²) >= 11 is 0. The molecule has 1 rings (SSSR count). The summed E-state index contributed by atoms with van der Waals surface area (Å²) in [6, 6.07) is 0.744. The van der Waals surface area contributed by atoms with Gasteiger partial charge in [-0.25, -0.2) is 23.1 Å². The van der Waals surface area contributed by atoms with Crippen LogP contribution in [0.4, 0.5) is 8.78 Å². The summed E-state index contributed by atoms with van der Waals surface area (Å²) in [5.41, 5.74) is -0.113. The quantitative estimate of drug-likeness (QED) is 0.776. The molecule has 96 valence electrons. The molecule has 0 saturated carbocycles. The average Bonchev–Trinajstić information content (AvgIpc) is 2.19. The van der Waals surface area contributed by atoms with E-state index in [0.717, 1.165) is 6.07 Å². The maximum Gasteiger partial charge on any atom is 0.186 e. The Hall–Kier alpha value is -1.25. The van der Waals surface area contributed by atoms with Crippen LogP contribution in [0.5, 0.6) is 5.75 Å². The fourth-order valence-corrected chi connectivity index (χ4v) is 2.17. The van der Waals surface area contributed by atoms with Crippen molar-refractivity contribution < 1.29 is 27.1 Å². The Bertz CT molecular complexity index is 530. The molecule has 0 aromatic heterocycles. The predicted molar refractivity (Wildman–Crippen MR) is 55.0 cm³/mol. The van der Waals surface area contributed by atoms with Gasteiger partial charge in [0.1, 0.15) is 10.7 Å². The first kappa shape index (κ1) is 13.8. The molecule has 5 nitrogen and oxygen atoms in total. The van der Waals surface area contributed by atoms with Crippen LogP contribution in [0, 0.1) is 11.6 Å². The van der Waals surface area contributed by atoms with E-state index in [1.807, 2.05) is 0 Å². The number of sulfone groups is 1. The van der Waals surface area contributed by atoms with E-state index >= 15 is 0 Å². The van der Waals surface area contributed by atoms with Gasteiger partial charge in [0.05, 0.1) is 6.61 Å². The van der Waals surface area contributed by atoms with Crippen molar-refractivity contribution in [3.05, 3.63) is 23.3 Å². The van der Waals surface area contributed by atoms with Gasteiger partial charge >= 0.3 is 0 Å². The van der Waals surface area contributed by atoms with Crippen molar-refractivity contribution in [3.8, 4) is 5.75 Å². The van der Waals surface area contributed by atoms with Crippen LogP contribution in [0.1, 0.15) is 5.56 Å². The minimum absolute atomic E-state index is 0.0415. The molecular weight excluding hydrogens is 256 g/mol. The van der Waals surface area contributed by atoms with Crippen molar-refractivity contribution in [2.45, 2.75) is 11.3 Å². The molecule has 8 heteroatoms. The summed E-state index contributed by atoms with van der Waals surface area (Å²) in [5.74, 6) is 1.07. The number of hydrogen-bond acceptors (Lipinski definition) is 5. The lowest BCUT2D eigenvalue weighted by Gasteiger charge is -2.09. The van der Waals surface area contributed by atoms with Gasteiger partial charge in [0.25, 0.3) is 0 Å². The third kappa shape index (κ3) is 2.90. The monoisotopic (exact) mass is 267 g/mol. The van der Waals surface area contributed by atoms with Gasteiger partial charge in [-0.2, -0.15) is 0 Å². The predicted octanol–water partition coefficient (Wildman–Crippen LogP) is 0.507. The molecule has 0 amide bonds. The van der Waals surface area contributed by atoms with Gasteiger partial charge in [-0.05, 0) is 6.07 Å². The summed E-state index contributed by atoms with van der Waals surface area (Å²) < 4.78 is 49.1. The number of rotatable bonds is 4. The highest BCUT2D eigenvalue weighted by atomic mass is 32.2. The molecule has 0 bridgehead atoms. The minimum atomic E-state index is -4.09. The number of nitrogens with two attached hydrogens (primary N) is 1. The van der Waals surface area contributed by atoms with Gasteiger partial charge in [-0.3, -0.25) is 0 Å². The molecule has 17 heavy (non-hydrogen) atoms. The Labute approximate surface area is 96.7 Å². The third-order valence-electron chi connectivity index (χ3n) is 2.09. The molecule has 0 radical (unpaired) electrons. The summed E-state index contributed by atoms with van der Waals surface area (Å²) in [4.78, 5) is 3.06. The second-order valence-corrected chi connectivity index (χ2v) is 5.35. The maximum atomic E-state index is 13.5. The van der Waals surface area contributed by atoms with Crippen LogP contribution in [-0.4, -0.2) is 26.4 Å². The summed E-state index contributed by atoms with van der Waals surface area (Å²) in [7, 11) is -4.09. The zero-order chi connectivity index (χ0) is 13.2. The van der Waals surface area contributed by atoms with Gasteiger partial charge in [-0.1, -0.05) is 0 Å². The van der Waals surface area contributed by atoms with Crippen molar-refractivity contribution in [2.75, 3.05) is 12.9 Å². The number of phenolic OH excluding ortho intramolecular Hbond substituents is 1. The van der Waals surface area contributed by atoms with E-state index in [2.05, 4.69) is 4.84 Å². The number of benzene rings is 1. The Morgan fingerprint density at radius 1 is 1.47 bits per heavy atom. The smallest absolute Gasteiger partial charge is 0.186 e. The topological polar surface area (TPSA) is 89.6 Å². The van der Waals surface area contributed by atoms with Crippen LogP contribution in [0.15, 0.2) is 11.0 Å². The molecule has 0 spiro atoms. The maximum absolute atomic E-state index is 13.5. The standard InChI is InChI=1S/C9H11F2NO4S/c1-17(14,15)9-6(10)4-5(2-3-16-12)8(13)7(9)11/h4,13H,2-3,12H2,1H3. The normalized spacial score (nSPS) is 11.8. The van der Waals surface area contributed by atoms with E-state index in [4.69, 9.17) is 5.90 Å². The molecule has 0 fully saturated rings. The van der Waals surface area contributed by atoms with E-state index in [1.165, 1.54) is 0 Å². The lowest BCUT2D eigenvalue weighted by atomic mass is 10.1. The Balaban J connectivity index is 3.37. The minimum Gasteiger partial charge on any atom is -0.505 e. The van der Waals surface area contributed by atoms with Crippen molar-refractivity contribution in [2.24, 2.45) is 5.90 Å². The van der Waals surface area contributed by atoms with Crippen molar-refractivity contribution in [1.29, 1.82) is 0 Å². The van der Waals surface area contributed by atoms with Gasteiger partial charge in [-0.15, -0.1) is 0 Å². The highest BCUT2D eigenvalue weighted by Gasteiger charge is 2.24. The third-order valence-corrected chi connectivity index (χ3v) is 3.21. The van der Waals surface area contributed by atoms with Crippen molar-refractivity contribution >= 4 is 9.84 Å². The van der Waals surface area contributed by atoms with Crippen LogP contribution in [0.2, 0.25) is 0 Å². The highest BCUT2D eigenvalue weighted by Crippen LogP contribution is 2.30. The molecule has 0 unspecified atom stereocenters. The fourth-order valence-electron chi connectivity index (χ4n) is 1.34. The van der Waals surface area contributed by atoms with Gasteiger partial charge < -0.3 is 9.94 Å². The van der Waals surface area contributed by atoms with E-state index in [1.54, 1.807) is 0 Å². The first-order valence-corrected chi connectivity index (χ1v) is 6.39. The Morgan fingerprint density at radius 2 is 2.06 bits per heavy atom. The molecule has 1 aromatic rings. The van der Waals surface area contributed by atoms with Crippen LogP contribution >= 0.6 is 0 Å². The number of halogens is 2. The number of hydrogen-bond donors (Lipinski definition) is 2. The van der Waals surface area contributed by atoms with Gasteiger partial charge in [0.2, 0.25) is 0 Å². The molecule has 0 aliphatic rings. The molecule has 0 heterocycles.